The second-order valence-electron chi connectivity index (χ2n) is 7.04. The van der Waals surface area contributed by atoms with Gasteiger partial charge in [-0.15, -0.1) is 10.2 Å². The summed E-state index contributed by atoms with van der Waals surface area (Å²) in [5, 5.41) is 8.23. The molecule has 1 amide bonds. The molecule has 2 fully saturated rings. The molecule has 0 bridgehead atoms. The SMILES string of the molecule is CN1CCC[C@@H](C(=O)N2CC[C@H](Oc3ccc(N(C)C)nn3)C2)C1. The number of amides is 1. The zero-order valence-corrected chi connectivity index (χ0v) is 14.8. The van der Waals surface area contributed by atoms with Crippen molar-refractivity contribution in [3.63, 3.8) is 0 Å². The van der Waals surface area contributed by atoms with E-state index in [0.717, 1.165) is 44.7 Å². The number of piperidine rings is 1. The number of aromatic nitrogens is 2. The molecule has 0 aromatic carbocycles. The zero-order chi connectivity index (χ0) is 17.1. The molecule has 3 rings (SSSR count). The number of rotatable bonds is 4. The predicted molar refractivity (Wildman–Crippen MR) is 92.2 cm³/mol. The molecule has 2 aliphatic heterocycles. The van der Waals surface area contributed by atoms with Crippen molar-refractivity contribution in [2.24, 2.45) is 5.92 Å². The molecule has 0 unspecified atom stereocenters. The summed E-state index contributed by atoms with van der Waals surface area (Å²) in [6, 6.07) is 3.72. The zero-order valence-electron chi connectivity index (χ0n) is 14.8. The van der Waals surface area contributed by atoms with Gasteiger partial charge >= 0.3 is 0 Å². The second kappa shape index (κ2) is 7.34. The number of hydrogen-bond acceptors (Lipinski definition) is 6. The Labute approximate surface area is 143 Å². The molecule has 3 heterocycles. The van der Waals surface area contributed by atoms with Crippen molar-refractivity contribution in [3.05, 3.63) is 12.1 Å². The van der Waals surface area contributed by atoms with Crippen molar-refractivity contribution in [2.75, 3.05) is 52.2 Å². The largest absolute Gasteiger partial charge is 0.471 e. The maximum absolute atomic E-state index is 12.7. The number of hydrogen-bond donors (Lipinski definition) is 0. The summed E-state index contributed by atoms with van der Waals surface area (Å²) in [5.41, 5.74) is 0. The number of ether oxygens (including phenoxy) is 1. The average molecular weight is 333 g/mol. The van der Waals surface area contributed by atoms with Gasteiger partial charge in [0.1, 0.15) is 6.10 Å². The highest BCUT2D eigenvalue weighted by molar-refractivity contribution is 5.79. The van der Waals surface area contributed by atoms with Crippen molar-refractivity contribution in [3.8, 4) is 5.88 Å². The van der Waals surface area contributed by atoms with E-state index in [-0.39, 0.29) is 17.9 Å². The molecule has 132 valence electrons. The Morgan fingerprint density at radius 1 is 1.21 bits per heavy atom. The Hall–Kier alpha value is -1.89. The minimum absolute atomic E-state index is 0.00905. The summed E-state index contributed by atoms with van der Waals surface area (Å²) < 4.78 is 5.90. The average Bonchev–Trinajstić information content (AvgIpc) is 3.03. The summed E-state index contributed by atoms with van der Waals surface area (Å²) in [6.45, 7) is 3.39. The van der Waals surface area contributed by atoms with Crippen LogP contribution in [0.2, 0.25) is 0 Å². The van der Waals surface area contributed by atoms with Crippen LogP contribution >= 0.6 is 0 Å². The maximum atomic E-state index is 12.7. The summed E-state index contributed by atoms with van der Waals surface area (Å²) in [7, 11) is 5.94. The first-order chi connectivity index (χ1) is 11.5. The smallest absolute Gasteiger partial charge is 0.233 e. The quantitative estimate of drug-likeness (QED) is 0.815. The summed E-state index contributed by atoms with van der Waals surface area (Å²) >= 11 is 0. The normalized spacial score (nSPS) is 24.9. The van der Waals surface area contributed by atoms with Crippen LogP contribution < -0.4 is 9.64 Å². The highest BCUT2D eigenvalue weighted by Crippen LogP contribution is 2.22. The maximum Gasteiger partial charge on any atom is 0.233 e. The summed E-state index contributed by atoms with van der Waals surface area (Å²) in [4.78, 5) is 18.8. The molecule has 1 aromatic heterocycles. The molecule has 0 spiro atoms. The summed E-state index contributed by atoms with van der Waals surface area (Å²) in [5.74, 6) is 1.74. The van der Waals surface area contributed by atoms with E-state index in [2.05, 4.69) is 22.1 Å². The molecule has 1 aromatic rings. The summed E-state index contributed by atoms with van der Waals surface area (Å²) in [6.07, 6.45) is 2.97. The van der Waals surface area contributed by atoms with Gasteiger partial charge in [0.05, 0.1) is 12.5 Å². The molecular weight excluding hydrogens is 306 g/mol. The van der Waals surface area contributed by atoms with E-state index < -0.39 is 0 Å². The van der Waals surface area contributed by atoms with Crippen molar-refractivity contribution >= 4 is 11.7 Å². The third-order valence-electron chi connectivity index (χ3n) is 4.80. The number of carbonyl (C=O) groups excluding carboxylic acids is 1. The monoisotopic (exact) mass is 333 g/mol. The molecule has 2 saturated heterocycles. The fourth-order valence-electron chi connectivity index (χ4n) is 3.44. The minimum Gasteiger partial charge on any atom is -0.471 e. The number of likely N-dealkylation sites (tertiary alicyclic amines) is 2. The standard InChI is InChI=1S/C17H27N5O2/c1-20(2)15-6-7-16(19-18-15)24-14-8-10-22(12-14)17(23)13-5-4-9-21(3)11-13/h6-7,13-14H,4-5,8-12H2,1-3H3/t13-,14+/m1/s1. The van der Waals surface area contributed by atoms with Crippen LogP contribution in [0.15, 0.2) is 12.1 Å². The third kappa shape index (κ3) is 3.95. The van der Waals surface area contributed by atoms with Crippen LogP contribution in [0, 0.1) is 5.92 Å². The first kappa shape index (κ1) is 17.0. The van der Waals surface area contributed by atoms with E-state index in [1.165, 1.54) is 0 Å². The van der Waals surface area contributed by atoms with Crippen LogP contribution in [0.5, 0.6) is 5.88 Å². The third-order valence-corrected chi connectivity index (χ3v) is 4.80. The van der Waals surface area contributed by atoms with Crippen molar-refractivity contribution in [2.45, 2.75) is 25.4 Å². The molecule has 0 aliphatic carbocycles. The van der Waals surface area contributed by atoms with Crippen LogP contribution in [0.3, 0.4) is 0 Å². The molecule has 7 nitrogen and oxygen atoms in total. The van der Waals surface area contributed by atoms with Crippen LogP contribution in [-0.2, 0) is 4.79 Å². The molecule has 24 heavy (non-hydrogen) atoms. The highest BCUT2D eigenvalue weighted by Gasteiger charge is 2.33. The van der Waals surface area contributed by atoms with Crippen LogP contribution in [0.1, 0.15) is 19.3 Å². The molecule has 7 heteroatoms. The van der Waals surface area contributed by atoms with Gasteiger partial charge < -0.3 is 19.4 Å². The van der Waals surface area contributed by atoms with Gasteiger partial charge in [0.2, 0.25) is 11.8 Å². The predicted octanol–water partition coefficient (Wildman–Crippen LogP) is 0.864. The Kier molecular flexibility index (Phi) is 5.18. The van der Waals surface area contributed by atoms with Gasteiger partial charge in [-0.2, -0.15) is 0 Å². The Bertz CT molecular complexity index is 563. The van der Waals surface area contributed by atoms with Gasteiger partial charge in [0.15, 0.2) is 5.82 Å². The van der Waals surface area contributed by atoms with Crippen molar-refractivity contribution < 1.29 is 9.53 Å². The topological polar surface area (TPSA) is 61.8 Å². The van der Waals surface area contributed by atoms with Gasteiger partial charge in [-0.05, 0) is 32.5 Å². The highest BCUT2D eigenvalue weighted by atomic mass is 16.5. The minimum atomic E-state index is 0.00905. The Balaban J connectivity index is 1.52. The number of carbonyl (C=O) groups is 1. The van der Waals surface area contributed by atoms with E-state index in [1.807, 2.05) is 36.0 Å². The second-order valence-corrected chi connectivity index (χ2v) is 7.04. The fourth-order valence-corrected chi connectivity index (χ4v) is 3.44. The Morgan fingerprint density at radius 3 is 2.71 bits per heavy atom. The van der Waals surface area contributed by atoms with Gasteiger partial charge in [0, 0.05) is 39.7 Å². The molecule has 0 radical (unpaired) electrons. The first-order valence-electron chi connectivity index (χ1n) is 8.68. The van der Waals surface area contributed by atoms with E-state index in [4.69, 9.17) is 4.74 Å². The first-order valence-corrected chi connectivity index (χ1v) is 8.68. The Morgan fingerprint density at radius 2 is 2.04 bits per heavy atom. The van der Waals surface area contributed by atoms with E-state index in [1.54, 1.807) is 0 Å². The molecule has 2 atom stereocenters. The van der Waals surface area contributed by atoms with E-state index in [9.17, 15) is 4.79 Å². The lowest BCUT2D eigenvalue weighted by Gasteiger charge is -2.31. The molecule has 0 saturated carbocycles. The van der Waals surface area contributed by atoms with Crippen molar-refractivity contribution in [1.82, 2.24) is 20.0 Å². The van der Waals surface area contributed by atoms with Crippen LogP contribution in [-0.4, -0.2) is 79.3 Å². The fraction of sp³-hybridized carbons (Fsp3) is 0.706. The van der Waals surface area contributed by atoms with E-state index in [0.29, 0.717) is 12.4 Å². The number of nitrogens with zero attached hydrogens (tertiary/aromatic N) is 5. The molecular formula is C17H27N5O2. The van der Waals surface area contributed by atoms with Crippen LogP contribution in [0.25, 0.3) is 0 Å². The molecule has 0 N–H and O–H groups in total. The van der Waals surface area contributed by atoms with E-state index >= 15 is 0 Å². The van der Waals surface area contributed by atoms with Gasteiger partial charge in [-0.3, -0.25) is 4.79 Å². The number of anilines is 1. The van der Waals surface area contributed by atoms with Gasteiger partial charge in [-0.25, -0.2) is 0 Å². The van der Waals surface area contributed by atoms with Gasteiger partial charge in [-0.1, -0.05) is 0 Å². The lowest BCUT2D eigenvalue weighted by Crippen LogP contribution is -2.43. The lowest BCUT2D eigenvalue weighted by molar-refractivity contribution is -0.136. The van der Waals surface area contributed by atoms with Gasteiger partial charge in [0.25, 0.3) is 0 Å². The molecule has 2 aliphatic rings. The lowest BCUT2D eigenvalue weighted by atomic mass is 9.97. The van der Waals surface area contributed by atoms with Crippen molar-refractivity contribution in [1.29, 1.82) is 0 Å². The van der Waals surface area contributed by atoms with Crippen LogP contribution in [0.4, 0.5) is 5.82 Å².